The number of nitrogens with zero attached hydrogens (tertiary/aromatic N) is 2. The van der Waals surface area contributed by atoms with E-state index in [4.69, 9.17) is 16.3 Å². The number of halogens is 1. The van der Waals surface area contributed by atoms with Crippen molar-refractivity contribution in [2.75, 3.05) is 6.54 Å². The van der Waals surface area contributed by atoms with Crippen LogP contribution < -0.4 is 15.6 Å². The molecular weight excluding hydrogens is 390 g/mol. The standard InChI is InChI=1S/C22H26ClN3O3/c1-15-8-9-18(23)14-19(15)26-21(27)11-10-20(25-26)29-16(2)22(28)24-13-12-17-6-4-3-5-7-17/h6,8-11,14,16H,3-5,7,12-13H2,1-2H3,(H,24,28)/t16-/m0/s1. The van der Waals surface area contributed by atoms with Crippen molar-refractivity contribution in [3.8, 4) is 11.6 Å². The van der Waals surface area contributed by atoms with E-state index in [0.29, 0.717) is 17.3 Å². The number of ether oxygens (including phenoxy) is 1. The minimum atomic E-state index is -0.728. The Labute approximate surface area is 175 Å². The molecule has 1 N–H and O–H groups in total. The van der Waals surface area contributed by atoms with Gasteiger partial charge in [0.05, 0.1) is 5.69 Å². The van der Waals surface area contributed by atoms with Gasteiger partial charge in [-0.25, -0.2) is 0 Å². The average Bonchev–Trinajstić information content (AvgIpc) is 2.72. The Morgan fingerprint density at radius 3 is 2.90 bits per heavy atom. The zero-order valence-electron chi connectivity index (χ0n) is 16.8. The summed E-state index contributed by atoms with van der Waals surface area (Å²) in [6.07, 6.45) is 7.16. The summed E-state index contributed by atoms with van der Waals surface area (Å²) in [6.45, 7) is 4.12. The molecule has 7 heteroatoms. The van der Waals surface area contributed by atoms with Gasteiger partial charge in [-0.3, -0.25) is 9.59 Å². The molecule has 1 aliphatic carbocycles. The first-order chi connectivity index (χ1) is 13.9. The monoisotopic (exact) mass is 415 g/mol. The van der Waals surface area contributed by atoms with Crippen LogP contribution >= 0.6 is 11.6 Å². The van der Waals surface area contributed by atoms with Crippen molar-refractivity contribution in [3.63, 3.8) is 0 Å². The van der Waals surface area contributed by atoms with Gasteiger partial charge >= 0.3 is 0 Å². The lowest BCUT2D eigenvalue weighted by Gasteiger charge is -2.16. The molecule has 0 fully saturated rings. The molecule has 1 heterocycles. The van der Waals surface area contributed by atoms with Gasteiger partial charge in [0.25, 0.3) is 11.5 Å². The number of amides is 1. The zero-order chi connectivity index (χ0) is 20.8. The number of allylic oxidation sites excluding steroid dienone is 1. The van der Waals surface area contributed by atoms with Crippen LogP contribution in [-0.2, 0) is 4.79 Å². The minimum Gasteiger partial charge on any atom is -0.464 e. The second kappa shape index (κ2) is 9.74. The molecule has 0 saturated carbocycles. The van der Waals surface area contributed by atoms with Gasteiger partial charge in [0.2, 0.25) is 5.88 Å². The summed E-state index contributed by atoms with van der Waals surface area (Å²) in [7, 11) is 0. The van der Waals surface area contributed by atoms with E-state index in [2.05, 4.69) is 16.5 Å². The van der Waals surface area contributed by atoms with Crippen LogP contribution in [0.4, 0.5) is 0 Å². The van der Waals surface area contributed by atoms with Crippen LogP contribution in [0.2, 0.25) is 5.02 Å². The van der Waals surface area contributed by atoms with E-state index in [0.717, 1.165) is 24.8 Å². The first kappa shape index (κ1) is 21.1. The molecule has 0 unspecified atom stereocenters. The molecule has 6 nitrogen and oxygen atoms in total. The SMILES string of the molecule is Cc1ccc(Cl)cc1-n1nc(O[C@@H](C)C(=O)NCCC2=CCCCC2)ccc1=O. The molecule has 154 valence electrons. The highest BCUT2D eigenvalue weighted by Gasteiger charge is 2.16. The van der Waals surface area contributed by atoms with Gasteiger partial charge < -0.3 is 10.1 Å². The van der Waals surface area contributed by atoms with Crippen molar-refractivity contribution in [3.05, 3.63) is 62.9 Å². The number of carbonyl (C=O) groups is 1. The summed E-state index contributed by atoms with van der Waals surface area (Å²) in [5.74, 6) is -0.0125. The van der Waals surface area contributed by atoms with Gasteiger partial charge in [0.15, 0.2) is 6.10 Å². The molecule has 0 spiro atoms. The fourth-order valence-corrected chi connectivity index (χ4v) is 3.46. The first-order valence-electron chi connectivity index (χ1n) is 9.93. The molecule has 2 aromatic rings. The lowest BCUT2D eigenvalue weighted by molar-refractivity contribution is -0.127. The zero-order valence-corrected chi connectivity index (χ0v) is 17.5. The maximum atomic E-state index is 12.3. The summed E-state index contributed by atoms with van der Waals surface area (Å²) in [5, 5.41) is 7.67. The fraction of sp³-hybridized carbons (Fsp3) is 0.409. The van der Waals surface area contributed by atoms with E-state index in [1.165, 1.54) is 35.2 Å². The quantitative estimate of drug-likeness (QED) is 0.694. The van der Waals surface area contributed by atoms with Gasteiger partial charge in [-0.05, 0) is 63.6 Å². The number of hydrogen-bond acceptors (Lipinski definition) is 4. The van der Waals surface area contributed by atoms with Gasteiger partial charge in [-0.15, -0.1) is 5.10 Å². The van der Waals surface area contributed by atoms with Crippen molar-refractivity contribution >= 4 is 17.5 Å². The molecule has 1 aromatic carbocycles. The number of rotatable bonds is 7. The highest BCUT2D eigenvalue weighted by atomic mass is 35.5. The number of carbonyl (C=O) groups excluding carboxylic acids is 1. The smallest absolute Gasteiger partial charge is 0.271 e. The Balaban J connectivity index is 1.63. The highest BCUT2D eigenvalue weighted by Crippen LogP contribution is 2.20. The molecule has 0 radical (unpaired) electrons. The predicted octanol–water partition coefficient (Wildman–Crippen LogP) is 3.97. The number of aromatic nitrogens is 2. The van der Waals surface area contributed by atoms with Gasteiger partial charge in [0, 0.05) is 23.7 Å². The van der Waals surface area contributed by atoms with Crippen molar-refractivity contribution in [1.82, 2.24) is 15.1 Å². The summed E-state index contributed by atoms with van der Waals surface area (Å²) >= 11 is 6.06. The van der Waals surface area contributed by atoms with Crippen LogP contribution in [0.1, 0.15) is 44.6 Å². The third-order valence-electron chi connectivity index (χ3n) is 4.97. The molecule has 0 saturated heterocycles. The number of nitrogens with one attached hydrogen (secondary N) is 1. The van der Waals surface area contributed by atoms with Gasteiger partial charge in [0.1, 0.15) is 0 Å². The molecule has 1 aliphatic rings. The maximum Gasteiger partial charge on any atom is 0.271 e. The Kier molecular flexibility index (Phi) is 7.09. The Bertz CT molecular complexity index is 968. The van der Waals surface area contributed by atoms with E-state index in [1.807, 2.05) is 13.0 Å². The normalized spacial score (nSPS) is 14.8. The first-order valence-corrected chi connectivity index (χ1v) is 10.3. The van der Waals surface area contributed by atoms with Crippen LogP contribution in [0.3, 0.4) is 0 Å². The maximum absolute atomic E-state index is 12.3. The van der Waals surface area contributed by atoms with Crippen LogP contribution in [0.15, 0.2) is 46.8 Å². The number of benzene rings is 1. The molecule has 29 heavy (non-hydrogen) atoms. The van der Waals surface area contributed by atoms with Crippen molar-refractivity contribution in [2.24, 2.45) is 0 Å². The molecule has 1 aromatic heterocycles. The van der Waals surface area contributed by atoms with Crippen molar-refractivity contribution < 1.29 is 9.53 Å². The van der Waals surface area contributed by atoms with E-state index < -0.39 is 6.10 Å². The summed E-state index contributed by atoms with van der Waals surface area (Å²) < 4.78 is 6.91. The van der Waals surface area contributed by atoms with E-state index in [-0.39, 0.29) is 17.3 Å². The third kappa shape index (κ3) is 5.70. The molecule has 0 aliphatic heterocycles. The van der Waals surface area contributed by atoms with Crippen molar-refractivity contribution in [1.29, 1.82) is 0 Å². The van der Waals surface area contributed by atoms with E-state index in [9.17, 15) is 9.59 Å². The lowest BCUT2D eigenvalue weighted by atomic mass is 9.97. The molecule has 3 rings (SSSR count). The largest absolute Gasteiger partial charge is 0.464 e. The van der Waals surface area contributed by atoms with Crippen LogP contribution in [0, 0.1) is 6.92 Å². The van der Waals surface area contributed by atoms with Gasteiger partial charge in [-0.1, -0.05) is 29.3 Å². The van der Waals surface area contributed by atoms with Crippen LogP contribution in [0.25, 0.3) is 5.69 Å². The molecule has 1 atom stereocenters. The molecule has 0 bridgehead atoms. The Morgan fingerprint density at radius 1 is 1.31 bits per heavy atom. The second-order valence-electron chi connectivity index (χ2n) is 7.26. The minimum absolute atomic E-state index is 0.196. The fourth-order valence-electron chi connectivity index (χ4n) is 3.30. The van der Waals surface area contributed by atoms with E-state index >= 15 is 0 Å². The average molecular weight is 416 g/mol. The summed E-state index contributed by atoms with van der Waals surface area (Å²) in [5.41, 5.74) is 2.53. The number of aryl methyl sites for hydroxylation is 1. The second-order valence-corrected chi connectivity index (χ2v) is 7.70. The highest BCUT2D eigenvalue weighted by molar-refractivity contribution is 6.30. The van der Waals surface area contributed by atoms with Crippen LogP contribution in [0.5, 0.6) is 5.88 Å². The number of hydrogen-bond donors (Lipinski definition) is 1. The van der Waals surface area contributed by atoms with Crippen LogP contribution in [-0.4, -0.2) is 28.3 Å². The Hall–Kier alpha value is -2.60. The Morgan fingerprint density at radius 2 is 2.14 bits per heavy atom. The molecular formula is C22H26ClN3O3. The van der Waals surface area contributed by atoms with E-state index in [1.54, 1.807) is 19.1 Å². The third-order valence-corrected chi connectivity index (χ3v) is 5.21. The van der Waals surface area contributed by atoms with Gasteiger partial charge in [-0.2, -0.15) is 4.68 Å². The van der Waals surface area contributed by atoms with Crippen molar-refractivity contribution in [2.45, 2.75) is 52.1 Å². The lowest BCUT2D eigenvalue weighted by Crippen LogP contribution is -2.37. The summed E-state index contributed by atoms with van der Waals surface area (Å²) in [6, 6.07) is 8.07. The summed E-state index contributed by atoms with van der Waals surface area (Å²) in [4.78, 5) is 24.6. The predicted molar refractivity (Wildman–Crippen MR) is 114 cm³/mol. The molecule has 1 amide bonds. The topological polar surface area (TPSA) is 73.2 Å².